The number of piperidine rings is 2. The highest BCUT2D eigenvalue weighted by Crippen LogP contribution is 2.26. The lowest BCUT2D eigenvalue weighted by Crippen LogP contribution is -2.56. The molecule has 2 saturated heterocycles. The minimum Gasteiger partial charge on any atom is -0.390 e. The lowest BCUT2D eigenvalue weighted by atomic mass is 9.94. The Labute approximate surface area is 219 Å². The number of rotatable bonds is 5. The molecular formula is C29H37N5O3. The van der Waals surface area contributed by atoms with Crippen LogP contribution in [0.4, 0.5) is 5.69 Å². The summed E-state index contributed by atoms with van der Waals surface area (Å²) in [5, 5.41) is 14.6. The predicted molar refractivity (Wildman–Crippen MR) is 144 cm³/mol. The van der Waals surface area contributed by atoms with E-state index in [4.69, 9.17) is 0 Å². The van der Waals surface area contributed by atoms with E-state index in [0.717, 1.165) is 57.5 Å². The van der Waals surface area contributed by atoms with Crippen LogP contribution in [0.25, 0.3) is 6.08 Å². The number of hydrogen-bond donors (Lipinski definition) is 2. The van der Waals surface area contributed by atoms with Crippen LogP contribution in [-0.4, -0.2) is 87.5 Å². The number of fused-ring (bicyclic) bond motifs is 1. The highest BCUT2D eigenvalue weighted by atomic mass is 16.3. The Balaban J connectivity index is 1.22. The van der Waals surface area contributed by atoms with Gasteiger partial charge in [0.15, 0.2) is 0 Å². The van der Waals surface area contributed by atoms with E-state index in [9.17, 15) is 14.7 Å². The summed E-state index contributed by atoms with van der Waals surface area (Å²) in [6.45, 7) is 9.57. The highest BCUT2D eigenvalue weighted by Gasteiger charge is 2.35. The van der Waals surface area contributed by atoms with Crippen molar-refractivity contribution < 1.29 is 14.7 Å². The zero-order valence-electron chi connectivity index (χ0n) is 21.6. The largest absolute Gasteiger partial charge is 0.390 e. The van der Waals surface area contributed by atoms with Crippen LogP contribution in [0.5, 0.6) is 0 Å². The van der Waals surface area contributed by atoms with Gasteiger partial charge in [0.25, 0.3) is 5.91 Å². The molecular weight excluding hydrogens is 466 g/mol. The van der Waals surface area contributed by atoms with Crippen molar-refractivity contribution in [3.05, 3.63) is 65.5 Å². The summed E-state index contributed by atoms with van der Waals surface area (Å²) in [5.74, 6) is -0.0557. The number of carbonyl (C=O) groups excluding carboxylic acids is 2. The fourth-order valence-corrected chi connectivity index (χ4v) is 5.92. The summed E-state index contributed by atoms with van der Waals surface area (Å²) >= 11 is 0. The quantitative estimate of drug-likeness (QED) is 0.652. The summed E-state index contributed by atoms with van der Waals surface area (Å²) < 4.78 is 0. The number of benzene rings is 1. The molecule has 2 amide bonds. The number of likely N-dealkylation sites (tertiary alicyclic amines) is 2. The molecule has 2 N–H and O–H groups in total. The first-order valence-corrected chi connectivity index (χ1v) is 13.4. The molecule has 37 heavy (non-hydrogen) atoms. The van der Waals surface area contributed by atoms with Crippen molar-refractivity contribution in [2.24, 2.45) is 0 Å². The second-order valence-corrected chi connectivity index (χ2v) is 10.5. The van der Waals surface area contributed by atoms with Crippen molar-refractivity contribution in [2.75, 3.05) is 38.0 Å². The zero-order chi connectivity index (χ0) is 25.9. The molecule has 0 spiro atoms. The summed E-state index contributed by atoms with van der Waals surface area (Å²) in [7, 11) is 0. The Bertz CT molecular complexity index is 1160. The van der Waals surface area contributed by atoms with Gasteiger partial charge in [-0.1, -0.05) is 30.8 Å². The van der Waals surface area contributed by atoms with Crippen LogP contribution in [0.1, 0.15) is 53.5 Å². The lowest BCUT2D eigenvalue weighted by molar-refractivity contribution is -0.129. The van der Waals surface area contributed by atoms with Crippen LogP contribution in [0.15, 0.2) is 43.0 Å². The zero-order valence-corrected chi connectivity index (χ0v) is 21.6. The number of amides is 2. The third-order valence-corrected chi connectivity index (χ3v) is 8.05. The van der Waals surface area contributed by atoms with E-state index < -0.39 is 6.10 Å². The van der Waals surface area contributed by atoms with Gasteiger partial charge in [-0.2, -0.15) is 0 Å². The molecule has 5 rings (SSSR count). The molecule has 0 saturated carbocycles. The molecule has 1 aromatic carbocycles. The average molecular weight is 504 g/mol. The van der Waals surface area contributed by atoms with Gasteiger partial charge in [0.1, 0.15) is 5.69 Å². The van der Waals surface area contributed by atoms with Gasteiger partial charge in [-0.25, -0.2) is 4.98 Å². The van der Waals surface area contributed by atoms with Gasteiger partial charge in [0.05, 0.1) is 11.8 Å². The van der Waals surface area contributed by atoms with Gasteiger partial charge in [-0.05, 0) is 55.0 Å². The van der Waals surface area contributed by atoms with Crippen molar-refractivity contribution in [1.82, 2.24) is 19.7 Å². The van der Waals surface area contributed by atoms with Crippen LogP contribution in [0.3, 0.4) is 0 Å². The van der Waals surface area contributed by atoms with Crippen molar-refractivity contribution in [2.45, 2.75) is 57.3 Å². The standard InChI is InChI=1S/C29H37N5O3/c1-3-23-16-25(30-24-9-13-32(14-10-24)20(2)35)17-26(31-23)29(37)34-15-11-27(28(36)19-34)33-12-8-21-6-4-5-7-22(21)18-33/h3-7,16-17,24,27-28,36H,1,8-15,18-19H2,2H3,(H,30,31)/t27-,28-/m1/s1. The number of pyridine rings is 1. The molecule has 2 aromatic rings. The van der Waals surface area contributed by atoms with Crippen molar-refractivity contribution in [3.8, 4) is 0 Å². The first-order valence-electron chi connectivity index (χ1n) is 13.4. The van der Waals surface area contributed by atoms with Crippen LogP contribution in [0.2, 0.25) is 0 Å². The van der Waals surface area contributed by atoms with E-state index in [1.165, 1.54) is 11.1 Å². The second kappa shape index (κ2) is 11.0. The van der Waals surface area contributed by atoms with E-state index in [2.05, 4.69) is 46.0 Å². The normalized spacial score (nSPS) is 22.9. The van der Waals surface area contributed by atoms with Gasteiger partial charge in [-0.15, -0.1) is 0 Å². The molecule has 0 unspecified atom stereocenters. The summed E-state index contributed by atoms with van der Waals surface area (Å²) in [6, 6.07) is 12.5. The molecule has 3 aliphatic heterocycles. The number of nitrogens with zero attached hydrogens (tertiary/aromatic N) is 4. The topological polar surface area (TPSA) is 89.0 Å². The fraction of sp³-hybridized carbons (Fsp3) is 0.483. The maximum atomic E-state index is 13.5. The molecule has 1 aromatic heterocycles. The molecule has 4 heterocycles. The minimum atomic E-state index is -0.602. The molecule has 196 valence electrons. The summed E-state index contributed by atoms with van der Waals surface area (Å²) in [4.78, 5) is 35.6. The van der Waals surface area contributed by atoms with Gasteiger partial charge < -0.3 is 20.2 Å². The molecule has 2 atom stereocenters. The molecule has 3 aliphatic rings. The van der Waals surface area contributed by atoms with Crippen molar-refractivity contribution >= 4 is 23.6 Å². The number of β-amino-alcohol motifs (C(OH)–C–C–N with tert-alkyl or cyclic N) is 1. The lowest BCUT2D eigenvalue weighted by Gasteiger charge is -2.43. The summed E-state index contributed by atoms with van der Waals surface area (Å²) in [5.41, 5.74) is 4.55. The van der Waals surface area contributed by atoms with Crippen molar-refractivity contribution in [3.63, 3.8) is 0 Å². The highest BCUT2D eigenvalue weighted by molar-refractivity contribution is 5.93. The maximum absolute atomic E-state index is 13.5. The minimum absolute atomic E-state index is 0.0444. The number of aliphatic hydroxyl groups is 1. The number of carbonyl (C=O) groups is 2. The fourth-order valence-electron chi connectivity index (χ4n) is 5.92. The third kappa shape index (κ3) is 5.70. The SMILES string of the molecule is C=Cc1cc(NC2CCN(C(C)=O)CC2)cc(C(=O)N2CC[C@@H](N3CCc4ccccc4C3)[C@H](O)C2)n1. The van der Waals surface area contributed by atoms with E-state index in [1.54, 1.807) is 24.0 Å². The first-order chi connectivity index (χ1) is 17.9. The van der Waals surface area contributed by atoms with E-state index in [0.29, 0.717) is 24.5 Å². The average Bonchev–Trinajstić information content (AvgIpc) is 2.92. The maximum Gasteiger partial charge on any atom is 0.272 e. The van der Waals surface area contributed by atoms with Crippen LogP contribution >= 0.6 is 0 Å². The number of aromatic nitrogens is 1. The third-order valence-electron chi connectivity index (χ3n) is 8.05. The first kappa shape index (κ1) is 25.4. The Morgan fingerprint density at radius 1 is 1.05 bits per heavy atom. The smallest absolute Gasteiger partial charge is 0.272 e. The number of aliphatic hydroxyl groups excluding tert-OH is 1. The van der Waals surface area contributed by atoms with Gasteiger partial charge in [0, 0.05) is 64.0 Å². The van der Waals surface area contributed by atoms with Crippen LogP contribution in [-0.2, 0) is 17.8 Å². The number of nitrogens with one attached hydrogen (secondary N) is 1. The van der Waals surface area contributed by atoms with Crippen LogP contribution < -0.4 is 5.32 Å². The monoisotopic (exact) mass is 503 g/mol. The Kier molecular flexibility index (Phi) is 7.58. The van der Waals surface area contributed by atoms with Crippen LogP contribution in [0, 0.1) is 0 Å². The molecule has 0 aliphatic carbocycles. The van der Waals surface area contributed by atoms with E-state index >= 15 is 0 Å². The van der Waals surface area contributed by atoms with Gasteiger partial charge >= 0.3 is 0 Å². The second-order valence-electron chi connectivity index (χ2n) is 10.5. The Hall–Kier alpha value is -3.23. The summed E-state index contributed by atoms with van der Waals surface area (Å²) in [6.07, 6.45) is 4.48. The van der Waals surface area contributed by atoms with Gasteiger partial charge in [-0.3, -0.25) is 14.5 Å². The van der Waals surface area contributed by atoms with E-state index in [-0.39, 0.29) is 23.9 Å². The molecule has 8 nitrogen and oxygen atoms in total. The Morgan fingerprint density at radius 2 is 1.78 bits per heavy atom. The molecule has 8 heteroatoms. The molecule has 0 radical (unpaired) electrons. The predicted octanol–water partition coefficient (Wildman–Crippen LogP) is 2.78. The number of anilines is 1. The number of hydrogen-bond acceptors (Lipinski definition) is 6. The molecule has 2 fully saturated rings. The van der Waals surface area contributed by atoms with Crippen molar-refractivity contribution in [1.29, 1.82) is 0 Å². The Morgan fingerprint density at radius 3 is 2.49 bits per heavy atom. The molecule has 0 bridgehead atoms. The van der Waals surface area contributed by atoms with E-state index in [1.807, 2.05) is 11.0 Å². The van der Waals surface area contributed by atoms with Gasteiger partial charge in [0.2, 0.25) is 5.91 Å².